The fourth-order valence-corrected chi connectivity index (χ4v) is 5.36. The van der Waals surface area contributed by atoms with E-state index in [-0.39, 0.29) is 23.7 Å². The Morgan fingerprint density at radius 2 is 1.94 bits per heavy atom. The second-order valence-corrected chi connectivity index (χ2v) is 10.8. The van der Waals surface area contributed by atoms with Crippen LogP contribution in [0.4, 0.5) is 15.2 Å². The number of rotatable bonds is 7. The average molecular weight is 501 g/mol. The summed E-state index contributed by atoms with van der Waals surface area (Å²) < 4.78 is 13.4. The number of halogens is 1. The van der Waals surface area contributed by atoms with Crippen molar-refractivity contribution in [3.63, 3.8) is 0 Å². The van der Waals surface area contributed by atoms with E-state index in [0.29, 0.717) is 5.13 Å². The molecule has 184 valence electrons. The number of amides is 1. The Morgan fingerprint density at radius 1 is 1.19 bits per heavy atom. The first-order valence-electron chi connectivity index (χ1n) is 12.1. The zero-order valence-electron chi connectivity index (χ0n) is 20.6. The number of carbonyl (C=O) groups excluding carboxylic acids is 1. The molecule has 2 aliphatic rings. The number of hydrogen-bond donors (Lipinski definition) is 1. The van der Waals surface area contributed by atoms with Gasteiger partial charge in [-0.15, -0.1) is 11.3 Å². The van der Waals surface area contributed by atoms with Crippen LogP contribution in [-0.2, 0) is 11.2 Å². The van der Waals surface area contributed by atoms with Crippen LogP contribution in [0, 0.1) is 24.1 Å². The summed E-state index contributed by atoms with van der Waals surface area (Å²) in [4.78, 5) is 17.7. The van der Waals surface area contributed by atoms with Gasteiger partial charge in [-0.2, -0.15) is 5.10 Å². The number of carbonyl (C=O) groups is 1. The van der Waals surface area contributed by atoms with Crippen molar-refractivity contribution in [2.75, 3.05) is 10.3 Å². The summed E-state index contributed by atoms with van der Waals surface area (Å²) in [5, 5.41) is 12.0. The van der Waals surface area contributed by atoms with E-state index in [9.17, 15) is 9.18 Å². The molecule has 0 saturated carbocycles. The highest BCUT2D eigenvalue weighted by Crippen LogP contribution is 2.41. The molecule has 0 fully saturated rings. The van der Waals surface area contributed by atoms with Gasteiger partial charge in [0.15, 0.2) is 5.13 Å². The molecule has 1 aliphatic heterocycles. The maximum absolute atomic E-state index is 13.5. The van der Waals surface area contributed by atoms with Gasteiger partial charge in [0.2, 0.25) is 5.91 Å². The van der Waals surface area contributed by atoms with Gasteiger partial charge < -0.3 is 5.32 Å². The van der Waals surface area contributed by atoms with Crippen molar-refractivity contribution in [3.8, 4) is 0 Å². The number of benzene rings is 2. The molecule has 1 amide bonds. The number of hydrogen-bond acceptors (Lipinski definition) is 5. The van der Waals surface area contributed by atoms with Crippen LogP contribution in [0.3, 0.4) is 0 Å². The smallest absolute Gasteiger partial charge is 0.232 e. The fourth-order valence-electron chi connectivity index (χ4n) is 4.84. The minimum Gasteiger partial charge on any atom is -0.301 e. The van der Waals surface area contributed by atoms with Crippen LogP contribution in [0.25, 0.3) is 0 Å². The molecule has 1 aliphatic carbocycles. The molecule has 2 atom stereocenters. The van der Waals surface area contributed by atoms with E-state index in [1.807, 2.05) is 30.5 Å². The predicted molar refractivity (Wildman–Crippen MR) is 145 cm³/mol. The Balaban J connectivity index is 1.43. The summed E-state index contributed by atoms with van der Waals surface area (Å²) in [6.45, 7) is 6.09. The SMILES string of the molecule is Cc1ccc(CC(C2=CCC3C(=C2)C=NN3c2ccc(F)cc2)C(C)(C)C(=O)Nc2nccs2)cc1. The van der Waals surface area contributed by atoms with E-state index in [1.165, 1.54) is 34.6 Å². The van der Waals surface area contributed by atoms with Gasteiger partial charge in [0, 0.05) is 17.5 Å². The highest BCUT2D eigenvalue weighted by Gasteiger charge is 2.40. The first-order valence-corrected chi connectivity index (χ1v) is 13.0. The average Bonchev–Trinajstić information content (AvgIpc) is 3.53. The second kappa shape index (κ2) is 9.82. The van der Waals surface area contributed by atoms with Gasteiger partial charge in [-0.25, -0.2) is 9.37 Å². The van der Waals surface area contributed by atoms with Gasteiger partial charge >= 0.3 is 0 Å². The maximum Gasteiger partial charge on any atom is 0.232 e. The van der Waals surface area contributed by atoms with Gasteiger partial charge in [0.1, 0.15) is 5.82 Å². The third-order valence-electron chi connectivity index (χ3n) is 7.08. The first-order chi connectivity index (χ1) is 17.3. The van der Waals surface area contributed by atoms with Crippen molar-refractivity contribution in [1.82, 2.24) is 4.98 Å². The van der Waals surface area contributed by atoms with Crippen molar-refractivity contribution < 1.29 is 9.18 Å². The lowest BCUT2D eigenvalue weighted by atomic mass is 9.69. The number of nitrogens with one attached hydrogen (secondary N) is 1. The lowest BCUT2D eigenvalue weighted by Crippen LogP contribution is -2.40. The van der Waals surface area contributed by atoms with Crippen LogP contribution in [0.2, 0.25) is 0 Å². The molecule has 7 heteroatoms. The number of hydrazone groups is 1. The third kappa shape index (κ3) is 4.88. The van der Waals surface area contributed by atoms with E-state index in [1.54, 1.807) is 18.3 Å². The largest absolute Gasteiger partial charge is 0.301 e. The summed E-state index contributed by atoms with van der Waals surface area (Å²) >= 11 is 1.42. The number of thiazole rings is 1. The van der Waals surface area contributed by atoms with Crippen molar-refractivity contribution in [2.24, 2.45) is 16.4 Å². The zero-order chi connectivity index (χ0) is 25.3. The summed E-state index contributed by atoms with van der Waals surface area (Å²) in [6, 6.07) is 15.0. The summed E-state index contributed by atoms with van der Waals surface area (Å²) in [6.07, 6.45) is 9.48. The molecule has 2 unspecified atom stereocenters. The third-order valence-corrected chi connectivity index (χ3v) is 7.77. The molecule has 1 N–H and O–H groups in total. The zero-order valence-corrected chi connectivity index (χ0v) is 21.4. The molecular formula is C29H29FN4OS. The number of nitrogens with zero attached hydrogens (tertiary/aromatic N) is 3. The first kappa shape index (κ1) is 24.1. The molecule has 2 heterocycles. The van der Waals surface area contributed by atoms with E-state index in [2.05, 4.69) is 58.7 Å². The quantitative estimate of drug-likeness (QED) is 0.400. The minimum atomic E-state index is -0.696. The van der Waals surface area contributed by atoms with Crippen LogP contribution < -0.4 is 10.3 Å². The number of aryl methyl sites for hydroxylation is 1. The van der Waals surface area contributed by atoms with Gasteiger partial charge in [-0.3, -0.25) is 9.80 Å². The molecule has 0 bridgehead atoms. The molecule has 5 rings (SSSR count). The molecule has 3 aromatic rings. The van der Waals surface area contributed by atoms with E-state index in [4.69, 9.17) is 0 Å². The van der Waals surface area contributed by atoms with E-state index >= 15 is 0 Å². The lowest BCUT2D eigenvalue weighted by Gasteiger charge is -2.36. The van der Waals surface area contributed by atoms with E-state index < -0.39 is 5.41 Å². The fraction of sp³-hybridized carbons (Fsp3) is 0.276. The maximum atomic E-state index is 13.5. The Labute approximate surface area is 215 Å². The molecular weight excluding hydrogens is 471 g/mol. The van der Waals surface area contributed by atoms with E-state index in [0.717, 1.165) is 29.7 Å². The minimum absolute atomic E-state index is 0.0518. The highest BCUT2D eigenvalue weighted by molar-refractivity contribution is 7.13. The number of allylic oxidation sites excluding steroid dienone is 2. The monoisotopic (exact) mass is 500 g/mol. The summed E-state index contributed by atoms with van der Waals surface area (Å²) in [5.41, 5.74) is 4.79. The standard InChI is InChI=1S/C29H29FN4OS/c1-19-4-6-20(7-5-19)16-25(29(2,3)27(35)33-28-31-14-15-36-28)21-8-13-26-22(17-21)18-32-34(26)24-11-9-23(30)10-12-24/h4-12,14-15,17-18,25-26H,13,16H2,1-3H3,(H,31,33,35). The number of anilines is 2. The Hall–Kier alpha value is -3.58. The Kier molecular flexibility index (Phi) is 6.58. The van der Waals surface area contributed by atoms with Crippen molar-refractivity contribution in [1.29, 1.82) is 0 Å². The molecule has 0 spiro atoms. The van der Waals surface area contributed by atoms with Crippen molar-refractivity contribution >= 4 is 34.3 Å². The molecule has 0 radical (unpaired) electrons. The van der Waals surface area contributed by atoms with Gasteiger partial charge in [-0.05, 0) is 60.7 Å². The second-order valence-electron chi connectivity index (χ2n) is 9.92. The van der Waals surface area contributed by atoms with Crippen LogP contribution in [-0.4, -0.2) is 23.1 Å². The van der Waals surface area contributed by atoms with Crippen LogP contribution in [0.15, 0.2) is 88.5 Å². The van der Waals surface area contributed by atoms with Crippen molar-refractivity contribution in [3.05, 3.63) is 100 Å². The lowest BCUT2D eigenvalue weighted by molar-refractivity contribution is -0.125. The summed E-state index contributed by atoms with van der Waals surface area (Å²) in [5.74, 6) is -0.369. The number of aromatic nitrogens is 1. The van der Waals surface area contributed by atoms with Crippen molar-refractivity contribution in [2.45, 2.75) is 39.7 Å². The highest BCUT2D eigenvalue weighted by atomic mass is 32.1. The predicted octanol–water partition coefficient (Wildman–Crippen LogP) is 6.55. The topological polar surface area (TPSA) is 57.6 Å². The molecule has 2 aromatic carbocycles. The van der Waals surface area contributed by atoms with Gasteiger partial charge in [0.25, 0.3) is 0 Å². The molecule has 5 nitrogen and oxygen atoms in total. The Morgan fingerprint density at radius 3 is 2.64 bits per heavy atom. The normalized spacial score (nSPS) is 17.9. The van der Waals surface area contributed by atoms with Crippen LogP contribution in [0.5, 0.6) is 0 Å². The summed E-state index contributed by atoms with van der Waals surface area (Å²) in [7, 11) is 0. The van der Waals surface area contributed by atoms with Gasteiger partial charge in [-0.1, -0.05) is 55.8 Å². The number of fused-ring (bicyclic) bond motifs is 1. The van der Waals surface area contributed by atoms with Crippen LogP contribution in [0.1, 0.15) is 31.4 Å². The van der Waals surface area contributed by atoms with Gasteiger partial charge in [0.05, 0.1) is 23.4 Å². The molecule has 0 saturated heterocycles. The Bertz CT molecular complexity index is 1320. The van der Waals surface area contributed by atoms with Crippen LogP contribution >= 0.6 is 11.3 Å². The molecule has 1 aromatic heterocycles. The molecule has 36 heavy (non-hydrogen) atoms.